The number of carbonyl (C=O) groups excluding carboxylic acids is 1. The quantitative estimate of drug-likeness (QED) is 0.782. The van der Waals surface area contributed by atoms with Gasteiger partial charge in [-0.25, -0.2) is 0 Å². The maximum Gasteiger partial charge on any atom is 0.242 e. The Labute approximate surface area is 102 Å². The van der Waals surface area contributed by atoms with Crippen LogP contribution >= 0.6 is 0 Å². The fourth-order valence-corrected chi connectivity index (χ4v) is 2.38. The minimum atomic E-state index is -0.188. The summed E-state index contributed by atoms with van der Waals surface area (Å²) in [5.41, 5.74) is 8.40. The third-order valence-electron chi connectivity index (χ3n) is 3.31. The molecule has 2 atom stereocenters. The molecule has 2 rings (SSSR count). The van der Waals surface area contributed by atoms with Gasteiger partial charge < -0.3 is 16.0 Å². The number of likely N-dealkylation sites (N-methyl/N-ethyl adjacent to an activating group) is 1. The molecule has 0 radical (unpaired) electrons. The van der Waals surface area contributed by atoms with E-state index in [1.54, 1.807) is 7.05 Å². The number of nitrogens with one attached hydrogen (secondary N) is 1. The van der Waals surface area contributed by atoms with Crippen LogP contribution in [0, 0.1) is 0 Å². The molecule has 1 aromatic rings. The summed E-state index contributed by atoms with van der Waals surface area (Å²) in [5, 5.41) is 2.69. The number of hydrogen-bond acceptors (Lipinski definition) is 3. The molecule has 17 heavy (non-hydrogen) atoms. The molecule has 0 spiro atoms. The van der Waals surface area contributed by atoms with Crippen molar-refractivity contribution < 1.29 is 4.79 Å². The van der Waals surface area contributed by atoms with E-state index in [2.05, 4.69) is 22.3 Å². The second kappa shape index (κ2) is 4.75. The lowest BCUT2D eigenvalue weighted by Gasteiger charge is -2.38. The number of carbonyl (C=O) groups is 1. The molecule has 0 bridgehead atoms. The van der Waals surface area contributed by atoms with E-state index >= 15 is 0 Å². The lowest BCUT2D eigenvalue weighted by Crippen LogP contribution is -2.52. The van der Waals surface area contributed by atoms with E-state index in [9.17, 15) is 4.79 Å². The lowest BCUT2D eigenvalue weighted by molar-refractivity contribution is -0.121. The highest BCUT2D eigenvalue weighted by Crippen LogP contribution is 2.27. The van der Waals surface area contributed by atoms with Crippen LogP contribution in [0.5, 0.6) is 0 Å². The molecule has 0 saturated carbocycles. The zero-order valence-electron chi connectivity index (χ0n) is 10.3. The van der Waals surface area contributed by atoms with E-state index in [0.29, 0.717) is 0 Å². The van der Waals surface area contributed by atoms with E-state index in [0.717, 1.165) is 18.7 Å². The van der Waals surface area contributed by atoms with Crippen molar-refractivity contribution in [1.82, 2.24) is 5.32 Å². The number of anilines is 1. The van der Waals surface area contributed by atoms with Crippen LogP contribution < -0.4 is 16.0 Å². The van der Waals surface area contributed by atoms with Gasteiger partial charge in [-0.15, -0.1) is 0 Å². The molecule has 1 aliphatic rings. The van der Waals surface area contributed by atoms with Crippen molar-refractivity contribution in [2.75, 3.05) is 18.5 Å². The number of nitrogens with zero attached hydrogens (tertiary/aromatic N) is 1. The average molecular weight is 233 g/mol. The number of amides is 1. The molecule has 1 amide bonds. The molecule has 1 heterocycles. The largest absolute Gasteiger partial charge is 0.358 e. The topological polar surface area (TPSA) is 58.4 Å². The molecule has 4 heteroatoms. The standard InChI is InChI=1S/C13H19N3O/c1-9(13(17)15-2)16-8-11(14)7-10-5-3-4-6-12(10)16/h3-6,9,11H,7-8,14H2,1-2H3,(H,15,17). The van der Waals surface area contributed by atoms with Gasteiger partial charge in [-0.05, 0) is 25.0 Å². The van der Waals surface area contributed by atoms with E-state index in [-0.39, 0.29) is 18.0 Å². The summed E-state index contributed by atoms with van der Waals surface area (Å²) in [4.78, 5) is 13.8. The van der Waals surface area contributed by atoms with Crippen molar-refractivity contribution in [1.29, 1.82) is 0 Å². The highest BCUT2D eigenvalue weighted by atomic mass is 16.2. The number of rotatable bonds is 2. The van der Waals surface area contributed by atoms with Gasteiger partial charge in [0, 0.05) is 25.3 Å². The number of fused-ring (bicyclic) bond motifs is 1. The summed E-state index contributed by atoms with van der Waals surface area (Å²) >= 11 is 0. The smallest absolute Gasteiger partial charge is 0.242 e. The Hall–Kier alpha value is -1.55. The van der Waals surface area contributed by atoms with Gasteiger partial charge in [0.05, 0.1) is 0 Å². The molecule has 1 aliphatic heterocycles. The predicted octanol–water partition coefficient (Wildman–Crippen LogP) is 0.511. The molecule has 0 aromatic heterocycles. The first-order chi connectivity index (χ1) is 8.13. The monoisotopic (exact) mass is 233 g/mol. The van der Waals surface area contributed by atoms with Crippen molar-refractivity contribution in [3.8, 4) is 0 Å². The van der Waals surface area contributed by atoms with Crippen LogP contribution in [0.15, 0.2) is 24.3 Å². The Morgan fingerprint density at radius 3 is 2.94 bits per heavy atom. The maximum atomic E-state index is 11.7. The number of para-hydroxylation sites is 1. The Kier molecular flexibility index (Phi) is 3.33. The summed E-state index contributed by atoms with van der Waals surface area (Å²) in [6.07, 6.45) is 0.882. The predicted molar refractivity (Wildman–Crippen MR) is 69.0 cm³/mol. The SMILES string of the molecule is CNC(=O)C(C)N1CC(N)Cc2ccccc21. The highest BCUT2D eigenvalue weighted by Gasteiger charge is 2.28. The lowest BCUT2D eigenvalue weighted by atomic mass is 9.97. The Bertz CT molecular complexity index is 419. The van der Waals surface area contributed by atoms with Gasteiger partial charge in [0.2, 0.25) is 5.91 Å². The molecule has 2 unspecified atom stereocenters. The summed E-state index contributed by atoms with van der Waals surface area (Å²) in [6, 6.07) is 8.06. The molecular weight excluding hydrogens is 214 g/mol. The molecule has 0 saturated heterocycles. The first kappa shape index (κ1) is 11.9. The van der Waals surface area contributed by atoms with Crippen LogP contribution in [0.1, 0.15) is 12.5 Å². The molecule has 0 aliphatic carbocycles. The van der Waals surface area contributed by atoms with Crippen molar-refractivity contribution in [3.05, 3.63) is 29.8 Å². The van der Waals surface area contributed by atoms with Crippen molar-refractivity contribution in [2.45, 2.75) is 25.4 Å². The van der Waals surface area contributed by atoms with Crippen LogP contribution in [0.25, 0.3) is 0 Å². The van der Waals surface area contributed by atoms with Crippen molar-refractivity contribution >= 4 is 11.6 Å². The van der Waals surface area contributed by atoms with E-state index in [1.807, 2.05) is 19.1 Å². The Balaban J connectivity index is 2.32. The van der Waals surface area contributed by atoms with Gasteiger partial charge in [0.15, 0.2) is 0 Å². The molecular formula is C13H19N3O. The Morgan fingerprint density at radius 2 is 2.24 bits per heavy atom. The van der Waals surface area contributed by atoms with Crippen LogP contribution in [0.3, 0.4) is 0 Å². The van der Waals surface area contributed by atoms with Gasteiger partial charge in [-0.3, -0.25) is 4.79 Å². The molecule has 1 aromatic carbocycles. The van der Waals surface area contributed by atoms with Gasteiger partial charge >= 0.3 is 0 Å². The maximum absolute atomic E-state index is 11.7. The third-order valence-corrected chi connectivity index (χ3v) is 3.31. The van der Waals surface area contributed by atoms with Crippen LogP contribution in [0.2, 0.25) is 0 Å². The fraction of sp³-hybridized carbons (Fsp3) is 0.462. The Morgan fingerprint density at radius 1 is 1.53 bits per heavy atom. The normalized spacial score (nSPS) is 20.6. The minimum absolute atomic E-state index is 0.0221. The molecule has 0 fully saturated rings. The van der Waals surface area contributed by atoms with Crippen LogP contribution in [-0.2, 0) is 11.2 Å². The fourth-order valence-electron chi connectivity index (χ4n) is 2.38. The third kappa shape index (κ3) is 2.26. The number of nitrogens with two attached hydrogens (primary N) is 1. The summed E-state index contributed by atoms with van der Waals surface area (Å²) < 4.78 is 0. The highest BCUT2D eigenvalue weighted by molar-refractivity contribution is 5.85. The second-order valence-electron chi connectivity index (χ2n) is 4.54. The summed E-state index contributed by atoms with van der Waals surface area (Å²) in [7, 11) is 1.66. The average Bonchev–Trinajstić information content (AvgIpc) is 2.35. The molecule has 4 nitrogen and oxygen atoms in total. The van der Waals surface area contributed by atoms with Crippen molar-refractivity contribution in [3.63, 3.8) is 0 Å². The molecule has 3 N–H and O–H groups in total. The zero-order chi connectivity index (χ0) is 12.4. The number of hydrogen-bond donors (Lipinski definition) is 2. The summed E-state index contributed by atoms with van der Waals surface area (Å²) in [5.74, 6) is 0.0221. The van der Waals surface area contributed by atoms with E-state index in [1.165, 1.54) is 5.56 Å². The first-order valence-electron chi connectivity index (χ1n) is 5.95. The number of benzene rings is 1. The van der Waals surface area contributed by atoms with Crippen molar-refractivity contribution in [2.24, 2.45) is 5.73 Å². The van der Waals surface area contributed by atoms with Crippen LogP contribution in [0.4, 0.5) is 5.69 Å². The van der Waals surface area contributed by atoms with Gasteiger partial charge in [0.25, 0.3) is 0 Å². The van der Waals surface area contributed by atoms with Crippen LogP contribution in [-0.4, -0.2) is 31.6 Å². The van der Waals surface area contributed by atoms with E-state index < -0.39 is 0 Å². The molecule has 92 valence electrons. The second-order valence-corrected chi connectivity index (χ2v) is 4.54. The van der Waals surface area contributed by atoms with E-state index in [4.69, 9.17) is 5.73 Å². The van der Waals surface area contributed by atoms with Gasteiger partial charge in [-0.2, -0.15) is 0 Å². The van der Waals surface area contributed by atoms with Gasteiger partial charge in [-0.1, -0.05) is 18.2 Å². The minimum Gasteiger partial charge on any atom is -0.358 e. The van der Waals surface area contributed by atoms with Gasteiger partial charge in [0.1, 0.15) is 6.04 Å². The first-order valence-corrected chi connectivity index (χ1v) is 5.95. The zero-order valence-corrected chi connectivity index (χ0v) is 10.3. The summed E-state index contributed by atoms with van der Waals surface area (Å²) in [6.45, 7) is 2.64.